The molecule has 0 aliphatic heterocycles. The highest BCUT2D eigenvalue weighted by atomic mass is 16.5. The molecule has 4 unspecified atom stereocenters. The predicted octanol–water partition coefficient (Wildman–Crippen LogP) is 1.42. The van der Waals surface area contributed by atoms with Crippen LogP contribution in [-0.2, 0) is 14.3 Å². The van der Waals surface area contributed by atoms with Crippen LogP contribution >= 0.6 is 0 Å². The lowest BCUT2D eigenvalue weighted by Gasteiger charge is -2.30. The van der Waals surface area contributed by atoms with Gasteiger partial charge in [0.25, 0.3) is 0 Å². The van der Waals surface area contributed by atoms with E-state index in [4.69, 9.17) is 4.74 Å². The molecule has 19 heavy (non-hydrogen) atoms. The van der Waals surface area contributed by atoms with Crippen LogP contribution in [0.4, 0.5) is 0 Å². The van der Waals surface area contributed by atoms with E-state index >= 15 is 0 Å². The minimum Gasteiger partial charge on any atom is -0.481 e. The van der Waals surface area contributed by atoms with Gasteiger partial charge in [-0.1, -0.05) is 0 Å². The van der Waals surface area contributed by atoms with Gasteiger partial charge in [0.05, 0.1) is 17.9 Å². The van der Waals surface area contributed by atoms with Crippen molar-refractivity contribution < 1.29 is 19.4 Å². The standard InChI is InChI=1S/C14H23NO4/c1-14(2,19-3)7-10(16)15-12-9-5-4-8(6-9)11(12)13(17)18/h8-9,11-12H,4-7H2,1-3H3,(H,15,16)(H,17,18). The zero-order chi connectivity index (χ0) is 14.2. The molecule has 0 aromatic rings. The van der Waals surface area contributed by atoms with Crippen molar-refractivity contribution in [2.24, 2.45) is 17.8 Å². The van der Waals surface area contributed by atoms with Crippen molar-refractivity contribution in [3.63, 3.8) is 0 Å². The van der Waals surface area contributed by atoms with Crippen molar-refractivity contribution in [1.29, 1.82) is 0 Å². The fourth-order valence-corrected chi connectivity index (χ4v) is 3.55. The van der Waals surface area contributed by atoms with E-state index in [9.17, 15) is 14.7 Å². The molecule has 0 saturated heterocycles. The third kappa shape index (κ3) is 2.91. The Hall–Kier alpha value is -1.10. The van der Waals surface area contributed by atoms with Gasteiger partial charge in [-0.05, 0) is 44.9 Å². The van der Waals surface area contributed by atoms with Gasteiger partial charge in [0, 0.05) is 13.2 Å². The van der Waals surface area contributed by atoms with E-state index in [-0.39, 0.29) is 24.3 Å². The van der Waals surface area contributed by atoms with Crippen molar-refractivity contribution >= 4 is 11.9 Å². The average molecular weight is 269 g/mol. The summed E-state index contributed by atoms with van der Waals surface area (Å²) in [5.41, 5.74) is -0.513. The maximum Gasteiger partial charge on any atom is 0.308 e. The molecule has 2 aliphatic carbocycles. The average Bonchev–Trinajstić information content (AvgIpc) is 2.88. The van der Waals surface area contributed by atoms with Crippen LogP contribution in [0.5, 0.6) is 0 Å². The Bertz CT molecular complexity index is 380. The molecule has 4 atom stereocenters. The quantitative estimate of drug-likeness (QED) is 0.791. The summed E-state index contributed by atoms with van der Waals surface area (Å²) in [7, 11) is 1.57. The lowest BCUT2D eigenvalue weighted by Crippen LogP contribution is -2.48. The van der Waals surface area contributed by atoms with Crippen LogP contribution < -0.4 is 5.32 Å². The van der Waals surface area contributed by atoms with Crippen LogP contribution in [0.1, 0.15) is 39.5 Å². The molecule has 5 heteroatoms. The lowest BCUT2D eigenvalue weighted by molar-refractivity contribution is -0.144. The van der Waals surface area contributed by atoms with Gasteiger partial charge in [-0.25, -0.2) is 0 Å². The first kappa shape index (κ1) is 14.3. The Morgan fingerprint density at radius 1 is 1.32 bits per heavy atom. The lowest BCUT2D eigenvalue weighted by atomic mass is 9.84. The van der Waals surface area contributed by atoms with Crippen LogP contribution in [0.3, 0.4) is 0 Å². The minimum absolute atomic E-state index is 0.115. The Kier molecular flexibility index (Phi) is 3.85. The number of carboxylic acids is 1. The molecule has 2 bridgehead atoms. The summed E-state index contributed by atoms with van der Waals surface area (Å²) in [4.78, 5) is 23.4. The van der Waals surface area contributed by atoms with E-state index in [1.165, 1.54) is 0 Å². The van der Waals surface area contributed by atoms with Gasteiger partial charge in [0.2, 0.25) is 5.91 Å². The summed E-state index contributed by atoms with van der Waals surface area (Å²) in [6.07, 6.45) is 3.21. The molecule has 2 N–H and O–H groups in total. The van der Waals surface area contributed by atoms with Crippen LogP contribution in [0.2, 0.25) is 0 Å². The van der Waals surface area contributed by atoms with Crippen LogP contribution in [0.15, 0.2) is 0 Å². The summed E-state index contributed by atoms with van der Waals surface area (Å²) in [6, 6.07) is -0.198. The number of carbonyl (C=O) groups is 2. The summed E-state index contributed by atoms with van der Waals surface area (Å²) in [6.45, 7) is 3.70. The molecule has 0 aromatic carbocycles. The normalized spacial score (nSPS) is 33.4. The van der Waals surface area contributed by atoms with Crippen molar-refractivity contribution in [3.8, 4) is 0 Å². The predicted molar refractivity (Wildman–Crippen MR) is 69.6 cm³/mol. The van der Waals surface area contributed by atoms with Crippen molar-refractivity contribution in [1.82, 2.24) is 5.32 Å². The highest BCUT2D eigenvalue weighted by molar-refractivity contribution is 5.79. The number of hydrogen-bond donors (Lipinski definition) is 2. The number of methoxy groups -OCH3 is 1. The number of hydrogen-bond acceptors (Lipinski definition) is 3. The molecular formula is C14H23NO4. The number of carbonyl (C=O) groups excluding carboxylic acids is 1. The minimum atomic E-state index is -0.775. The van der Waals surface area contributed by atoms with Crippen molar-refractivity contribution in [3.05, 3.63) is 0 Å². The molecule has 2 rings (SSSR count). The highest BCUT2D eigenvalue weighted by Crippen LogP contribution is 2.48. The Labute approximate surface area is 113 Å². The Morgan fingerprint density at radius 3 is 2.53 bits per heavy atom. The molecule has 5 nitrogen and oxygen atoms in total. The summed E-state index contributed by atoms with van der Waals surface area (Å²) in [5.74, 6) is -0.726. The number of carboxylic acid groups (broad SMARTS) is 1. The van der Waals surface area contributed by atoms with Crippen molar-refractivity contribution in [2.45, 2.75) is 51.2 Å². The van der Waals surface area contributed by atoms with Gasteiger partial charge >= 0.3 is 5.97 Å². The molecule has 2 aliphatic rings. The van der Waals surface area contributed by atoms with E-state index < -0.39 is 17.5 Å². The number of nitrogens with one attached hydrogen (secondary N) is 1. The van der Waals surface area contributed by atoms with Crippen molar-refractivity contribution in [2.75, 3.05) is 7.11 Å². The monoisotopic (exact) mass is 269 g/mol. The molecule has 1 amide bonds. The van der Waals surface area contributed by atoms with E-state index in [1.807, 2.05) is 13.8 Å². The second kappa shape index (κ2) is 5.12. The third-order valence-electron chi connectivity index (χ3n) is 4.67. The maximum atomic E-state index is 12.0. The van der Waals surface area contributed by atoms with Crippen LogP contribution in [0.25, 0.3) is 0 Å². The summed E-state index contributed by atoms with van der Waals surface area (Å²) in [5, 5.41) is 12.3. The van der Waals surface area contributed by atoms with Gasteiger partial charge in [-0.15, -0.1) is 0 Å². The topological polar surface area (TPSA) is 75.6 Å². The van der Waals surface area contributed by atoms with Gasteiger partial charge in [-0.3, -0.25) is 9.59 Å². The number of ether oxygens (including phenoxy) is 1. The van der Waals surface area contributed by atoms with Gasteiger partial charge in [0.1, 0.15) is 0 Å². The molecule has 108 valence electrons. The SMILES string of the molecule is COC(C)(C)CC(=O)NC1C2CCC(C2)C1C(=O)O. The van der Waals surface area contributed by atoms with Crippen LogP contribution in [0, 0.1) is 17.8 Å². The molecule has 0 aromatic heterocycles. The molecule has 2 fully saturated rings. The number of rotatable bonds is 5. The zero-order valence-electron chi connectivity index (χ0n) is 11.8. The first-order valence-corrected chi connectivity index (χ1v) is 6.91. The molecule has 0 heterocycles. The molecule has 0 radical (unpaired) electrons. The Balaban J connectivity index is 1.98. The van der Waals surface area contributed by atoms with E-state index in [0.29, 0.717) is 5.92 Å². The van der Waals surface area contributed by atoms with Gasteiger partial charge < -0.3 is 15.2 Å². The van der Waals surface area contributed by atoms with E-state index in [1.54, 1.807) is 7.11 Å². The van der Waals surface area contributed by atoms with Crippen LogP contribution in [-0.4, -0.2) is 35.7 Å². The maximum absolute atomic E-state index is 12.0. The third-order valence-corrected chi connectivity index (χ3v) is 4.67. The Morgan fingerprint density at radius 2 is 1.95 bits per heavy atom. The van der Waals surface area contributed by atoms with E-state index in [2.05, 4.69) is 5.32 Å². The molecular weight excluding hydrogens is 246 g/mol. The summed E-state index contributed by atoms with van der Waals surface area (Å²) < 4.78 is 5.23. The fourth-order valence-electron chi connectivity index (χ4n) is 3.55. The molecule has 0 spiro atoms. The fraction of sp³-hybridized carbons (Fsp3) is 0.857. The number of fused-ring (bicyclic) bond motifs is 2. The second-order valence-corrected chi connectivity index (χ2v) is 6.43. The summed E-state index contributed by atoms with van der Waals surface area (Å²) >= 11 is 0. The molecule has 2 saturated carbocycles. The second-order valence-electron chi connectivity index (χ2n) is 6.43. The largest absolute Gasteiger partial charge is 0.481 e. The first-order valence-electron chi connectivity index (χ1n) is 6.91. The number of aliphatic carboxylic acids is 1. The zero-order valence-corrected chi connectivity index (χ0v) is 11.8. The highest BCUT2D eigenvalue weighted by Gasteiger charge is 2.51. The van der Waals surface area contributed by atoms with Gasteiger partial charge in [0.15, 0.2) is 0 Å². The first-order chi connectivity index (χ1) is 8.84. The number of amides is 1. The van der Waals surface area contributed by atoms with E-state index in [0.717, 1.165) is 19.3 Å². The smallest absolute Gasteiger partial charge is 0.308 e. The van der Waals surface area contributed by atoms with Gasteiger partial charge in [-0.2, -0.15) is 0 Å².